The van der Waals surface area contributed by atoms with E-state index in [4.69, 9.17) is 9.47 Å². The molecule has 0 saturated carbocycles. The first-order valence-electron chi connectivity index (χ1n) is 9.33. The van der Waals surface area contributed by atoms with Gasteiger partial charge in [-0.25, -0.2) is 0 Å². The Morgan fingerprint density at radius 1 is 1.33 bits per heavy atom. The largest absolute Gasteiger partial charge is 0.486 e. The second-order valence-electron chi connectivity index (χ2n) is 7.18. The molecular weight excluding hydrogens is 348 g/mol. The summed E-state index contributed by atoms with van der Waals surface area (Å²) in [6, 6.07) is 6.65. The van der Waals surface area contributed by atoms with Crippen molar-refractivity contribution in [3.8, 4) is 5.75 Å². The van der Waals surface area contributed by atoms with Crippen LogP contribution in [0, 0.1) is 0 Å². The standard InChI is InChI=1S/C20H26N2O5/c1-14(19(25)21-10-12-26-2)22-11-9-20(8-7-18(22)24)13-16(23)15-5-3-4-6-17(15)27-20/h3-6,14H,7-13H2,1-2H3,(H,21,25)/t14-,20+/m1/s1. The quantitative estimate of drug-likeness (QED) is 0.791. The first-order chi connectivity index (χ1) is 13.0. The fraction of sp³-hybridized carbons (Fsp3) is 0.550. The second kappa shape index (κ2) is 8.08. The highest BCUT2D eigenvalue weighted by molar-refractivity contribution is 6.00. The van der Waals surface area contributed by atoms with Crippen molar-refractivity contribution in [2.24, 2.45) is 0 Å². The van der Waals surface area contributed by atoms with Crippen molar-refractivity contribution in [3.05, 3.63) is 29.8 Å². The second-order valence-corrected chi connectivity index (χ2v) is 7.18. The molecule has 146 valence electrons. The molecule has 1 N–H and O–H groups in total. The van der Waals surface area contributed by atoms with Crippen LogP contribution in [0.1, 0.15) is 43.0 Å². The van der Waals surface area contributed by atoms with E-state index >= 15 is 0 Å². The molecule has 1 saturated heterocycles. The van der Waals surface area contributed by atoms with Gasteiger partial charge in [0.1, 0.15) is 17.4 Å². The number of para-hydroxylation sites is 1. The molecule has 2 atom stereocenters. The summed E-state index contributed by atoms with van der Waals surface area (Å²) in [6.07, 6.45) is 1.51. The average Bonchev–Trinajstić information content (AvgIpc) is 2.81. The van der Waals surface area contributed by atoms with Crippen LogP contribution < -0.4 is 10.1 Å². The molecule has 2 amide bonds. The van der Waals surface area contributed by atoms with E-state index < -0.39 is 11.6 Å². The molecule has 3 rings (SSSR count). The summed E-state index contributed by atoms with van der Waals surface area (Å²) in [4.78, 5) is 39.1. The van der Waals surface area contributed by atoms with E-state index in [1.165, 1.54) is 0 Å². The molecule has 0 unspecified atom stereocenters. The number of ketones is 1. The summed E-state index contributed by atoms with van der Waals surface area (Å²) in [5, 5.41) is 2.77. The first kappa shape index (κ1) is 19.4. The van der Waals surface area contributed by atoms with Gasteiger partial charge in [-0.1, -0.05) is 12.1 Å². The SMILES string of the molecule is COCCNC(=O)[C@@H](C)N1CC[C@@]2(CCC1=O)CC(=O)c1ccccc1O2. The maximum atomic E-state index is 12.6. The number of hydrogen-bond donors (Lipinski definition) is 1. The van der Waals surface area contributed by atoms with Gasteiger partial charge in [0.05, 0.1) is 18.6 Å². The molecular formula is C20H26N2O5. The number of hydrogen-bond acceptors (Lipinski definition) is 5. The molecule has 2 aliphatic heterocycles. The van der Waals surface area contributed by atoms with E-state index in [1.54, 1.807) is 31.1 Å². The van der Waals surface area contributed by atoms with Gasteiger partial charge in [0, 0.05) is 33.0 Å². The van der Waals surface area contributed by atoms with Gasteiger partial charge in [-0.2, -0.15) is 0 Å². The Labute approximate surface area is 159 Å². The number of carbonyl (C=O) groups is 3. The van der Waals surface area contributed by atoms with Crippen LogP contribution >= 0.6 is 0 Å². The van der Waals surface area contributed by atoms with Crippen molar-refractivity contribution in [2.45, 2.75) is 44.2 Å². The van der Waals surface area contributed by atoms with Crippen LogP contribution in [0.25, 0.3) is 0 Å². The van der Waals surface area contributed by atoms with E-state index in [1.807, 2.05) is 12.1 Å². The number of nitrogens with one attached hydrogen (secondary N) is 1. The van der Waals surface area contributed by atoms with Crippen LogP contribution in [0.5, 0.6) is 5.75 Å². The molecule has 1 aromatic carbocycles. The average molecular weight is 374 g/mol. The number of amides is 2. The van der Waals surface area contributed by atoms with Gasteiger partial charge in [0.2, 0.25) is 11.8 Å². The van der Waals surface area contributed by atoms with E-state index in [0.29, 0.717) is 43.9 Å². The summed E-state index contributed by atoms with van der Waals surface area (Å²) in [7, 11) is 1.57. The number of fused-ring (bicyclic) bond motifs is 1. The lowest BCUT2D eigenvalue weighted by Crippen LogP contribution is -2.49. The minimum atomic E-state index is -0.678. The Bertz CT molecular complexity index is 735. The molecule has 0 aliphatic carbocycles. The highest BCUT2D eigenvalue weighted by Gasteiger charge is 2.44. The molecule has 1 spiro atoms. The normalized spacial score (nSPS) is 23.4. The molecule has 0 radical (unpaired) electrons. The van der Waals surface area contributed by atoms with Crippen LogP contribution in [-0.4, -0.2) is 60.9 Å². The van der Waals surface area contributed by atoms with Crippen molar-refractivity contribution in [1.29, 1.82) is 0 Å². The molecule has 1 aromatic rings. The van der Waals surface area contributed by atoms with Crippen molar-refractivity contribution in [2.75, 3.05) is 26.8 Å². The van der Waals surface area contributed by atoms with Crippen molar-refractivity contribution in [3.63, 3.8) is 0 Å². The van der Waals surface area contributed by atoms with Gasteiger partial charge in [-0.15, -0.1) is 0 Å². The third-order valence-electron chi connectivity index (χ3n) is 5.37. The number of ether oxygens (including phenoxy) is 2. The Kier molecular flexibility index (Phi) is 5.79. The fourth-order valence-electron chi connectivity index (χ4n) is 3.75. The first-order valence-corrected chi connectivity index (χ1v) is 9.33. The van der Waals surface area contributed by atoms with Gasteiger partial charge in [0.15, 0.2) is 5.78 Å². The van der Waals surface area contributed by atoms with E-state index in [0.717, 1.165) is 0 Å². The van der Waals surface area contributed by atoms with Gasteiger partial charge in [-0.3, -0.25) is 14.4 Å². The summed E-state index contributed by atoms with van der Waals surface area (Å²) >= 11 is 0. The predicted molar refractivity (Wildman–Crippen MR) is 98.7 cm³/mol. The van der Waals surface area contributed by atoms with Crippen molar-refractivity contribution >= 4 is 17.6 Å². The Balaban J connectivity index is 1.70. The van der Waals surface area contributed by atoms with Gasteiger partial charge in [0.25, 0.3) is 0 Å². The number of carbonyl (C=O) groups excluding carboxylic acids is 3. The zero-order valence-corrected chi connectivity index (χ0v) is 15.8. The lowest BCUT2D eigenvalue weighted by molar-refractivity contribution is -0.139. The number of nitrogens with zero attached hydrogens (tertiary/aromatic N) is 1. The topological polar surface area (TPSA) is 84.9 Å². The van der Waals surface area contributed by atoms with Crippen LogP contribution in [0.3, 0.4) is 0 Å². The van der Waals surface area contributed by atoms with E-state index in [2.05, 4.69) is 5.32 Å². The van der Waals surface area contributed by atoms with Gasteiger partial charge >= 0.3 is 0 Å². The molecule has 1 fully saturated rings. The van der Waals surface area contributed by atoms with Gasteiger partial charge < -0.3 is 19.7 Å². The molecule has 2 heterocycles. The monoisotopic (exact) mass is 374 g/mol. The molecule has 0 bridgehead atoms. The van der Waals surface area contributed by atoms with Crippen LogP contribution in [0.15, 0.2) is 24.3 Å². The van der Waals surface area contributed by atoms with Crippen molar-refractivity contribution in [1.82, 2.24) is 10.2 Å². The Morgan fingerprint density at radius 3 is 2.89 bits per heavy atom. The van der Waals surface area contributed by atoms with Crippen LogP contribution in [-0.2, 0) is 14.3 Å². The third-order valence-corrected chi connectivity index (χ3v) is 5.37. The molecule has 7 nitrogen and oxygen atoms in total. The number of Topliss-reactive ketones (excluding diaryl/α,β-unsaturated/α-hetero) is 1. The predicted octanol–water partition coefficient (Wildman–Crippen LogP) is 1.55. The molecule has 0 aromatic heterocycles. The summed E-state index contributed by atoms with van der Waals surface area (Å²) in [5.41, 5.74) is -0.0799. The number of rotatable bonds is 5. The number of methoxy groups -OCH3 is 1. The van der Waals surface area contributed by atoms with Crippen LogP contribution in [0.2, 0.25) is 0 Å². The lowest BCUT2D eigenvalue weighted by atomic mass is 9.84. The fourth-order valence-corrected chi connectivity index (χ4v) is 3.75. The number of likely N-dealkylation sites (tertiary alicyclic amines) is 1. The van der Waals surface area contributed by atoms with E-state index in [-0.39, 0.29) is 30.4 Å². The molecule has 2 aliphatic rings. The van der Waals surface area contributed by atoms with Gasteiger partial charge in [-0.05, 0) is 25.5 Å². The van der Waals surface area contributed by atoms with E-state index in [9.17, 15) is 14.4 Å². The zero-order valence-electron chi connectivity index (χ0n) is 15.8. The number of benzene rings is 1. The minimum Gasteiger partial charge on any atom is -0.486 e. The van der Waals surface area contributed by atoms with Crippen molar-refractivity contribution < 1.29 is 23.9 Å². The Hall–Kier alpha value is -2.41. The maximum Gasteiger partial charge on any atom is 0.242 e. The summed E-state index contributed by atoms with van der Waals surface area (Å²) in [5.74, 6) is 0.335. The lowest BCUT2D eigenvalue weighted by Gasteiger charge is -2.37. The highest BCUT2D eigenvalue weighted by atomic mass is 16.5. The van der Waals surface area contributed by atoms with Crippen LogP contribution in [0.4, 0.5) is 0 Å². The zero-order chi connectivity index (χ0) is 19.4. The third kappa shape index (κ3) is 4.13. The smallest absolute Gasteiger partial charge is 0.242 e. The molecule has 27 heavy (non-hydrogen) atoms. The maximum absolute atomic E-state index is 12.6. The minimum absolute atomic E-state index is 0.0445. The summed E-state index contributed by atoms with van der Waals surface area (Å²) in [6.45, 7) is 2.93. The molecule has 7 heteroatoms. The highest BCUT2D eigenvalue weighted by Crippen LogP contribution is 2.39. The Morgan fingerprint density at radius 2 is 2.11 bits per heavy atom. The summed E-state index contributed by atoms with van der Waals surface area (Å²) < 4.78 is 11.1.